The molecule has 2 aromatic carbocycles. The van der Waals surface area contributed by atoms with E-state index in [0.29, 0.717) is 12.2 Å². The Labute approximate surface area is 127 Å². The van der Waals surface area contributed by atoms with Gasteiger partial charge in [-0.3, -0.25) is 0 Å². The van der Waals surface area contributed by atoms with Crippen molar-refractivity contribution in [2.75, 3.05) is 7.11 Å². The van der Waals surface area contributed by atoms with Crippen molar-refractivity contribution in [3.63, 3.8) is 0 Å². The molecule has 0 bridgehead atoms. The van der Waals surface area contributed by atoms with Gasteiger partial charge in [-0.1, -0.05) is 24.3 Å². The van der Waals surface area contributed by atoms with Crippen LogP contribution in [0, 0.1) is 6.57 Å². The fraction of sp³-hybridized carbons (Fsp3) is 0.235. The number of hydrogen-bond donors (Lipinski definition) is 0. The van der Waals surface area contributed by atoms with Crippen LogP contribution >= 0.6 is 0 Å². The van der Waals surface area contributed by atoms with Crippen LogP contribution in [0.5, 0.6) is 5.75 Å². The average molecular weight is 305 g/mol. The lowest BCUT2D eigenvalue weighted by atomic mass is 9.99. The monoisotopic (exact) mass is 305 g/mol. The lowest BCUT2D eigenvalue weighted by Crippen LogP contribution is -2.09. The summed E-state index contributed by atoms with van der Waals surface area (Å²) in [6.45, 7) is 6.84. The Morgan fingerprint density at radius 3 is 2.27 bits per heavy atom. The molecule has 0 N–H and O–H groups in total. The topological polar surface area (TPSA) is 13.6 Å². The number of rotatable bonds is 4. The van der Waals surface area contributed by atoms with Gasteiger partial charge < -0.3 is 4.74 Å². The number of benzene rings is 2. The van der Waals surface area contributed by atoms with Gasteiger partial charge in [0.1, 0.15) is 5.75 Å². The maximum Gasteiger partial charge on any atom is 0.415 e. The van der Waals surface area contributed by atoms with Gasteiger partial charge in [-0.25, -0.2) is 4.85 Å². The number of alkyl halides is 3. The van der Waals surface area contributed by atoms with E-state index in [-0.39, 0.29) is 17.7 Å². The van der Waals surface area contributed by atoms with Crippen LogP contribution in [-0.2, 0) is 19.0 Å². The SMILES string of the molecule is [C-]#[N+]c1ccc(CCc2ccc(OC)cc2)c(C(F)(F)F)c1. The number of methoxy groups -OCH3 is 1. The molecule has 0 amide bonds. The summed E-state index contributed by atoms with van der Waals surface area (Å²) in [6.07, 6.45) is -3.69. The number of hydrogen-bond acceptors (Lipinski definition) is 1. The molecule has 0 spiro atoms. The van der Waals surface area contributed by atoms with Gasteiger partial charge in [0.15, 0.2) is 5.69 Å². The van der Waals surface area contributed by atoms with Gasteiger partial charge in [0, 0.05) is 5.56 Å². The normalized spacial score (nSPS) is 11.0. The maximum atomic E-state index is 13.1. The van der Waals surface area contributed by atoms with Gasteiger partial charge in [-0.05, 0) is 42.2 Å². The zero-order valence-electron chi connectivity index (χ0n) is 11.9. The second-order valence-corrected chi connectivity index (χ2v) is 4.80. The predicted molar refractivity (Wildman–Crippen MR) is 78.1 cm³/mol. The van der Waals surface area contributed by atoms with E-state index >= 15 is 0 Å². The Bertz CT molecular complexity index is 685. The highest BCUT2D eigenvalue weighted by atomic mass is 19.4. The molecular weight excluding hydrogens is 291 g/mol. The third-order valence-corrected chi connectivity index (χ3v) is 3.37. The Morgan fingerprint density at radius 1 is 1.05 bits per heavy atom. The fourth-order valence-electron chi connectivity index (χ4n) is 2.19. The van der Waals surface area contributed by atoms with E-state index in [1.807, 2.05) is 12.1 Å². The molecule has 0 aromatic heterocycles. The predicted octanol–water partition coefficient (Wildman–Crippen LogP) is 5.05. The summed E-state index contributed by atoms with van der Waals surface area (Å²) in [4.78, 5) is 3.06. The Hall–Kier alpha value is -2.48. The van der Waals surface area contributed by atoms with Crippen molar-refractivity contribution in [2.24, 2.45) is 0 Å². The van der Waals surface area contributed by atoms with Crippen LogP contribution in [0.15, 0.2) is 42.5 Å². The minimum atomic E-state index is -4.45. The van der Waals surface area contributed by atoms with Crippen molar-refractivity contribution in [3.8, 4) is 5.75 Å². The molecule has 0 aliphatic carbocycles. The van der Waals surface area contributed by atoms with Gasteiger partial charge in [0.05, 0.1) is 13.7 Å². The summed E-state index contributed by atoms with van der Waals surface area (Å²) in [5.41, 5.74) is 0.411. The highest BCUT2D eigenvalue weighted by Gasteiger charge is 2.33. The van der Waals surface area contributed by atoms with Gasteiger partial charge >= 0.3 is 6.18 Å². The highest BCUT2D eigenvalue weighted by Crippen LogP contribution is 2.35. The number of halogens is 3. The molecular formula is C17H14F3NO. The molecule has 2 rings (SSSR count). The first-order valence-corrected chi connectivity index (χ1v) is 6.64. The summed E-state index contributed by atoms with van der Waals surface area (Å²) in [5.74, 6) is 0.709. The minimum Gasteiger partial charge on any atom is -0.497 e. The standard InChI is InChI=1S/C17H14F3NO/c1-21-14-8-7-13(16(11-14)17(18,19)20)6-3-12-4-9-15(22-2)10-5-12/h4-5,7-11H,3,6H2,2H3. The smallest absolute Gasteiger partial charge is 0.415 e. The van der Waals surface area contributed by atoms with Crippen molar-refractivity contribution < 1.29 is 17.9 Å². The van der Waals surface area contributed by atoms with Crippen molar-refractivity contribution in [2.45, 2.75) is 19.0 Å². The van der Waals surface area contributed by atoms with E-state index in [1.54, 1.807) is 19.2 Å². The van der Waals surface area contributed by atoms with Gasteiger partial charge in [-0.15, -0.1) is 0 Å². The second-order valence-electron chi connectivity index (χ2n) is 4.80. The van der Waals surface area contributed by atoms with Crippen molar-refractivity contribution in [1.29, 1.82) is 0 Å². The molecule has 0 saturated heterocycles. The summed E-state index contributed by atoms with van der Waals surface area (Å²) in [6, 6.07) is 10.9. The number of ether oxygens (including phenoxy) is 1. The zero-order valence-corrected chi connectivity index (χ0v) is 11.9. The quantitative estimate of drug-likeness (QED) is 0.721. The van der Waals surface area contributed by atoms with Gasteiger partial charge in [-0.2, -0.15) is 13.2 Å². The summed E-state index contributed by atoms with van der Waals surface area (Å²) in [7, 11) is 1.56. The van der Waals surface area contributed by atoms with E-state index in [0.717, 1.165) is 11.6 Å². The molecule has 0 atom stereocenters. The third kappa shape index (κ3) is 3.79. The molecule has 22 heavy (non-hydrogen) atoms. The molecule has 114 valence electrons. The van der Waals surface area contributed by atoms with Gasteiger partial charge in [0.2, 0.25) is 0 Å². The molecule has 0 fully saturated rings. The Balaban J connectivity index is 2.20. The van der Waals surface area contributed by atoms with Crippen molar-refractivity contribution in [3.05, 3.63) is 70.6 Å². The summed E-state index contributed by atoms with van der Waals surface area (Å²) < 4.78 is 44.3. The maximum absolute atomic E-state index is 13.1. The van der Waals surface area contributed by atoms with Crippen LogP contribution in [0.4, 0.5) is 18.9 Å². The Kier molecular flexibility index (Phi) is 4.71. The first kappa shape index (κ1) is 15.9. The fourth-order valence-corrected chi connectivity index (χ4v) is 2.19. The van der Waals surface area contributed by atoms with Crippen LogP contribution < -0.4 is 4.74 Å². The first-order valence-electron chi connectivity index (χ1n) is 6.64. The largest absolute Gasteiger partial charge is 0.497 e. The van der Waals surface area contributed by atoms with Crippen molar-refractivity contribution in [1.82, 2.24) is 0 Å². The van der Waals surface area contributed by atoms with Gasteiger partial charge in [0.25, 0.3) is 0 Å². The number of nitrogens with zero attached hydrogens (tertiary/aromatic N) is 1. The number of aryl methyl sites for hydroxylation is 2. The summed E-state index contributed by atoms with van der Waals surface area (Å²) >= 11 is 0. The Morgan fingerprint density at radius 2 is 1.73 bits per heavy atom. The molecule has 5 heteroatoms. The van der Waals surface area contributed by atoms with E-state index < -0.39 is 11.7 Å². The van der Waals surface area contributed by atoms with Crippen LogP contribution in [-0.4, -0.2) is 7.11 Å². The van der Waals surface area contributed by atoms with Crippen LogP contribution in [0.1, 0.15) is 16.7 Å². The van der Waals surface area contributed by atoms with Crippen molar-refractivity contribution >= 4 is 5.69 Å². The van der Waals surface area contributed by atoms with E-state index in [1.165, 1.54) is 12.1 Å². The first-order chi connectivity index (χ1) is 10.4. The van der Waals surface area contributed by atoms with E-state index in [2.05, 4.69) is 4.85 Å². The molecule has 0 aliphatic rings. The van der Waals surface area contributed by atoms with E-state index in [9.17, 15) is 13.2 Å². The van der Waals surface area contributed by atoms with Crippen LogP contribution in [0.3, 0.4) is 0 Å². The molecule has 2 aromatic rings. The summed E-state index contributed by atoms with van der Waals surface area (Å²) in [5, 5.41) is 0. The highest BCUT2D eigenvalue weighted by molar-refractivity contribution is 5.50. The molecule has 0 saturated carbocycles. The van der Waals surface area contributed by atoms with Crippen LogP contribution in [0.25, 0.3) is 4.85 Å². The second kappa shape index (κ2) is 6.52. The zero-order chi connectivity index (χ0) is 16.2. The van der Waals surface area contributed by atoms with Crippen LogP contribution in [0.2, 0.25) is 0 Å². The third-order valence-electron chi connectivity index (χ3n) is 3.37. The lowest BCUT2D eigenvalue weighted by molar-refractivity contribution is -0.138. The molecule has 0 heterocycles. The molecule has 0 radical (unpaired) electrons. The molecule has 0 unspecified atom stereocenters. The lowest BCUT2D eigenvalue weighted by Gasteiger charge is -2.13. The molecule has 2 nitrogen and oxygen atoms in total. The average Bonchev–Trinajstić information content (AvgIpc) is 2.52. The molecule has 0 aliphatic heterocycles. The minimum absolute atomic E-state index is 0.000484. The van der Waals surface area contributed by atoms with E-state index in [4.69, 9.17) is 11.3 Å².